The van der Waals surface area contributed by atoms with E-state index in [4.69, 9.17) is 10.5 Å². The average molecular weight is 449 g/mol. The molecule has 1 aliphatic rings. The number of benzene rings is 1. The summed E-state index contributed by atoms with van der Waals surface area (Å²) in [7, 11) is 0. The quantitative estimate of drug-likeness (QED) is 0.690. The molecule has 0 aliphatic carbocycles. The van der Waals surface area contributed by atoms with Crippen molar-refractivity contribution in [3.8, 4) is 0 Å². The van der Waals surface area contributed by atoms with Gasteiger partial charge in [-0.15, -0.1) is 5.10 Å². The number of anilines is 1. The van der Waals surface area contributed by atoms with Gasteiger partial charge in [-0.1, -0.05) is 12.1 Å². The zero-order valence-corrected chi connectivity index (χ0v) is 17.4. The van der Waals surface area contributed by atoms with Crippen molar-refractivity contribution in [2.24, 2.45) is 5.73 Å². The van der Waals surface area contributed by atoms with Gasteiger partial charge in [0.15, 0.2) is 0 Å². The summed E-state index contributed by atoms with van der Waals surface area (Å²) in [6, 6.07) is 6.50. The maximum atomic E-state index is 12.8. The van der Waals surface area contributed by atoms with Crippen LogP contribution in [0.3, 0.4) is 0 Å². The number of nitrogens with two attached hydrogens (primary N) is 1. The summed E-state index contributed by atoms with van der Waals surface area (Å²) in [6.07, 6.45) is -3.81. The zero-order chi connectivity index (χ0) is 23.5. The Morgan fingerprint density at radius 3 is 2.53 bits per heavy atom. The number of amides is 2. The molecule has 1 unspecified atom stereocenters. The van der Waals surface area contributed by atoms with Gasteiger partial charge in [-0.05, 0) is 30.7 Å². The van der Waals surface area contributed by atoms with Crippen molar-refractivity contribution < 1.29 is 27.5 Å². The van der Waals surface area contributed by atoms with Gasteiger partial charge in [-0.25, -0.2) is 0 Å². The molecule has 8 nitrogen and oxygen atoms in total. The molecule has 0 radical (unpaired) electrons. The van der Waals surface area contributed by atoms with E-state index in [9.17, 15) is 22.8 Å². The van der Waals surface area contributed by atoms with Gasteiger partial charge in [-0.2, -0.15) is 18.3 Å². The molecule has 2 aromatic rings. The number of morpholine rings is 1. The first-order chi connectivity index (χ1) is 15.1. The van der Waals surface area contributed by atoms with Crippen molar-refractivity contribution >= 4 is 23.1 Å². The van der Waals surface area contributed by atoms with Crippen LogP contribution in [-0.2, 0) is 20.5 Å². The predicted octanol–water partition coefficient (Wildman–Crippen LogP) is 2.34. The second kappa shape index (κ2) is 9.35. The highest BCUT2D eigenvalue weighted by molar-refractivity contribution is 6.22. The number of halogens is 3. The molecule has 2 heterocycles. The van der Waals surface area contributed by atoms with Crippen LogP contribution >= 0.6 is 0 Å². The Labute approximate surface area is 182 Å². The van der Waals surface area contributed by atoms with Gasteiger partial charge in [0, 0.05) is 26.2 Å². The molecule has 2 amide bonds. The summed E-state index contributed by atoms with van der Waals surface area (Å²) < 4.78 is 44.3. The lowest BCUT2D eigenvalue weighted by molar-refractivity contribution is -0.137. The van der Waals surface area contributed by atoms with Crippen molar-refractivity contribution in [1.29, 1.82) is 0 Å². The summed E-state index contributed by atoms with van der Waals surface area (Å²) in [4.78, 5) is 25.4. The molecule has 0 bridgehead atoms. The van der Waals surface area contributed by atoms with Crippen molar-refractivity contribution in [2.75, 3.05) is 24.6 Å². The minimum atomic E-state index is -4.41. The van der Waals surface area contributed by atoms with E-state index < -0.39 is 29.7 Å². The van der Waals surface area contributed by atoms with Gasteiger partial charge in [-0.3, -0.25) is 14.9 Å². The molecule has 3 N–H and O–H groups in total. The fourth-order valence-electron chi connectivity index (χ4n) is 3.36. The molecule has 1 aliphatic heterocycles. The molecular formula is C21H22F3N5O3. The van der Waals surface area contributed by atoms with E-state index in [2.05, 4.69) is 15.5 Å². The Kier molecular flexibility index (Phi) is 6.78. The van der Waals surface area contributed by atoms with Gasteiger partial charge < -0.3 is 15.4 Å². The Bertz CT molecular complexity index is 1040. The third kappa shape index (κ3) is 5.22. The second-order valence-electron chi connectivity index (χ2n) is 7.22. The lowest BCUT2D eigenvalue weighted by Gasteiger charge is -2.35. The van der Waals surface area contributed by atoms with E-state index in [1.165, 1.54) is 19.1 Å². The number of imide groups is 1. The summed E-state index contributed by atoms with van der Waals surface area (Å²) in [6.45, 7) is 4.15. The van der Waals surface area contributed by atoms with E-state index >= 15 is 0 Å². The fourth-order valence-corrected chi connectivity index (χ4v) is 3.36. The van der Waals surface area contributed by atoms with Gasteiger partial charge in [0.2, 0.25) is 5.91 Å². The van der Waals surface area contributed by atoms with Gasteiger partial charge in [0.1, 0.15) is 11.8 Å². The number of carbonyl (C=O) groups excluding carboxylic acids is 2. The molecular weight excluding hydrogens is 427 g/mol. The summed E-state index contributed by atoms with van der Waals surface area (Å²) in [5.41, 5.74) is 6.90. The molecule has 1 aromatic heterocycles. The van der Waals surface area contributed by atoms with Crippen LogP contribution in [0.2, 0.25) is 0 Å². The molecule has 32 heavy (non-hydrogen) atoms. The van der Waals surface area contributed by atoms with Crippen LogP contribution in [0.5, 0.6) is 0 Å². The largest absolute Gasteiger partial charge is 0.416 e. The predicted molar refractivity (Wildman–Crippen MR) is 110 cm³/mol. The molecule has 1 fully saturated rings. The fraction of sp³-hybridized carbons (Fsp3) is 0.333. The van der Waals surface area contributed by atoms with Crippen molar-refractivity contribution in [1.82, 2.24) is 15.5 Å². The molecule has 11 heteroatoms. The number of nitrogens with one attached hydrogen (secondary N) is 1. The first kappa shape index (κ1) is 23.2. The maximum absolute atomic E-state index is 12.8. The van der Waals surface area contributed by atoms with Crippen LogP contribution in [0.1, 0.15) is 35.5 Å². The lowest BCUT2D eigenvalue weighted by Crippen LogP contribution is -2.39. The molecule has 3 rings (SSSR count). The van der Waals surface area contributed by atoms with E-state index in [-0.39, 0.29) is 11.3 Å². The van der Waals surface area contributed by atoms with Crippen LogP contribution in [0.25, 0.3) is 5.57 Å². The highest BCUT2D eigenvalue weighted by Crippen LogP contribution is 2.32. The Morgan fingerprint density at radius 2 is 1.94 bits per heavy atom. The van der Waals surface area contributed by atoms with E-state index in [1.807, 2.05) is 4.90 Å². The topological polar surface area (TPSA) is 110 Å². The smallest absolute Gasteiger partial charge is 0.404 e. The summed E-state index contributed by atoms with van der Waals surface area (Å²) >= 11 is 0. The third-order valence-corrected chi connectivity index (χ3v) is 4.95. The zero-order valence-electron chi connectivity index (χ0n) is 17.4. The number of carbonyl (C=O) groups is 2. The maximum Gasteiger partial charge on any atom is 0.416 e. The molecule has 170 valence electrons. The van der Waals surface area contributed by atoms with Gasteiger partial charge >= 0.3 is 6.18 Å². The molecule has 1 saturated heterocycles. The van der Waals surface area contributed by atoms with E-state index in [0.717, 1.165) is 18.3 Å². The average Bonchev–Trinajstić information content (AvgIpc) is 2.74. The lowest BCUT2D eigenvalue weighted by atomic mass is 10.0. The number of alkyl halides is 3. The van der Waals surface area contributed by atoms with E-state index in [1.54, 1.807) is 13.0 Å². The normalized spacial score (nSPS) is 17.2. The third-order valence-electron chi connectivity index (χ3n) is 4.95. The van der Waals surface area contributed by atoms with Crippen molar-refractivity contribution in [3.63, 3.8) is 0 Å². The molecule has 0 spiro atoms. The van der Waals surface area contributed by atoms with Crippen LogP contribution in [0.4, 0.5) is 18.9 Å². The number of ether oxygens (including phenoxy) is 1. The molecule has 0 saturated carbocycles. The monoisotopic (exact) mass is 449 g/mol. The first-order valence-electron chi connectivity index (χ1n) is 9.72. The van der Waals surface area contributed by atoms with Crippen LogP contribution < -0.4 is 16.0 Å². The Hall–Kier alpha value is -3.47. The van der Waals surface area contributed by atoms with Crippen molar-refractivity contribution in [2.45, 2.75) is 26.1 Å². The minimum absolute atomic E-state index is 0.0125. The Balaban J connectivity index is 1.84. The summed E-state index contributed by atoms with van der Waals surface area (Å²) in [5, 5.41) is 10.3. The number of aryl methyl sites for hydroxylation is 1. The number of hydrogen-bond acceptors (Lipinski definition) is 7. The minimum Gasteiger partial charge on any atom is -0.404 e. The molecule has 1 atom stereocenters. The standard InChI is InChI=1S/C21H22F3N5O3/c1-12-18(9-17(28-27-12)16(10-25)20(31)26-13(2)30)29-7-8-32-19(11-29)14-3-5-15(6-4-14)21(22,23)24/h3-6,9-10,19H,7-8,11,25H2,1-2H3,(H,26,30,31)/b16-10-. The van der Waals surface area contributed by atoms with Crippen molar-refractivity contribution in [3.05, 3.63) is 59.0 Å². The Morgan fingerprint density at radius 1 is 1.25 bits per heavy atom. The SMILES string of the molecule is CC(=O)NC(=O)/C(=C\N)c1cc(N2CCOC(c3ccc(C(F)(F)F)cc3)C2)c(C)nn1. The first-order valence-corrected chi connectivity index (χ1v) is 9.72. The second-order valence-corrected chi connectivity index (χ2v) is 7.22. The van der Waals surface area contributed by atoms with Gasteiger partial charge in [0.05, 0.1) is 29.1 Å². The number of nitrogens with zero attached hydrogens (tertiary/aromatic N) is 3. The van der Waals surface area contributed by atoms with Crippen LogP contribution in [-0.4, -0.2) is 41.7 Å². The van der Waals surface area contributed by atoms with Gasteiger partial charge in [0.25, 0.3) is 5.91 Å². The van der Waals surface area contributed by atoms with Crippen LogP contribution in [0.15, 0.2) is 36.5 Å². The molecule has 1 aromatic carbocycles. The summed E-state index contributed by atoms with van der Waals surface area (Å²) in [5.74, 6) is -1.24. The highest BCUT2D eigenvalue weighted by Gasteiger charge is 2.31. The van der Waals surface area contributed by atoms with Crippen LogP contribution in [0, 0.1) is 6.92 Å². The number of hydrogen-bond donors (Lipinski definition) is 2. The highest BCUT2D eigenvalue weighted by atomic mass is 19.4. The van der Waals surface area contributed by atoms with E-state index in [0.29, 0.717) is 36.6 Å². The number of rotatable bonds is 4. The number of aromatic nitrogens is 2.